The van der Waals surface area contributed by atoms with Crippen LogP contribution in [0.4, 0.5) is 18.9 Å². The van der Waals surface area contributed by atoms with Gasteiger partial charge in [0.15, 0.2) is 0 Å². The van der Waals surface area contributed by atoms with E-state index in [9.17, 15) is 22.8 Å². The van der Waals surface area contributed by atoms with E-state index < -0.39 is 23.6 Å². The van der Waals surface area contributed by atoms with E-state index in [1.807, 2.05) is 6.92 Å². The molecule has 2 amide bonds. The third kappa shape index (κ3) is 3.05. The van der Waals surface area contributed by atoms with Gasteiger partial charge in [0, 0.05) is 0 Å². The Balaban J connectivity index is 1.97. The monoisotopic (exact) mass is 365 g/mol. The van der Waals surface area contributed by atoms with Gasteiger partial charge in [0.1, 0.15) is 5.03 Å². The second kappa shape index (κ2) is 6.04. The molecule has 0 atom stereocenters. The van der Waals surface area contributed by atoms with E-state index in [1.165, 1.54) is 0 Å². The molecule has 1 heterocycles. The fourth-order valence-electron chi connectivity index (χ4n) is 2.51. The number of benzene rings is 2. The highest BCUT2D eigenvalue weighted by Gasteiger charge is 2.39. The van der Waals surface area contributed by atoms with Gasteiger partial charge in [0.2, 0.25) is 0 Å². The maximum absolute atomic E-state index is 12.7. The van der Waals surface area contributed by atoms with Gasteiger partial charge in [-0.25, -0.2) is 4.90 Å². The van der Waals surface area contributed by atoms with Crippen molar-refractivity contribution in [2.75, 3.05) is 4.90 Å². The van der Waals surface area contributed by atoms with Gasteiger partial charge in [-0.1, -0.05) is 41.4 Å². The number of hydrogen-bond acceptors (Lipinski definition) is 2. The third-order valence-corrected chi connectivity index (χ3v) is 4.17. The lowest BCUT2D eigenvalue weighted by Gasteiger charge is -2.16. The summed E-state index contributed by atoms with van der Waals surface area (Å²) in [7, 11) is 0. The molecule has 1 aliphatic rings. The van der Waals surface area contributed by atoms with Crippen molar-refractivity contribution in [1.29, 1.82) is 0 Å². The van der Waals surface area contributed by atoms with E-state index in [0.29, 0.717) is 5.56 Å². The first-order valence-electron chi connectivity index (χ1n) is 7.23. The average Bonchev–Trinajstić information content (AvgIpc) is 2.78. The summed E-state index contributed by atoms with van der Waals surface area (Å²) in [6, 6.07) is 10.6. The van der Waals surface area contributed by atoms with Gasteiger partial charge in [-0.2, -0.15) is 13.2 Å². The number of carbonyl (C=O) groups excluding carboxylic acids is 2. The molecular formula is C18H11ClF3NO2. The first kappa shape index (κ1) is 17.2. The summed E-state index contributed by atoms with van der Waals surface area (Å²) < 4.78 is 38.0. The molecule has 0 fully saturated rings. The Bertz CT molecular complexity index is 884. The number of rotatable bonds is 2. The molecule has 0 unspecified atom stereocenters. The van der Waals surface area contributed by atoms with Gasteiger partial charge in [-0.3, -0.25) is 9.59 Å². The van der Waals surface area contributed by atoms with Crippen LogP contribution in [0.2, 0.25) is 0 Å². The lowest BCUT2D eigenvalue weighted by molar-refractivity contribution is -0.137. The molecule has 1 aliphatic heterocycles. The molecule has 0 N–H and O–H groups in total. The molecule has 0 bridgehead atoms. The minimum absolute atomic E-state index is 0.0308. The number of nitrogens with zero attached hydrogens (tertiary/aromatic N) is 1. The van der Waals surface area contributed by atoms with Crippen molar-refractivity contribution >= 4 is 34.7 Å². The van der Waals surface area contributed by atoms with E-state index in [-0.39, 0.29) is 16.3 Å². The predicted molar refractivity (Wildman–Crippen MR) is 87.9 cm³/mol. The van der Waals surface area contributed by atoms with Crippen LogP contribution in [0.1, 0.15) is 16.7 Å². The number of hydrogen-bond donors (Lipinski definition) is 0. The summed E-state index contributed by atoms with van der Waals surface area (Å²) in [4.78, 5) is 25.8. The molecule has 0 aliphatic carbocycles. The van der Waals surface area contributed by atoms with Crippen LogP contribution in [-0.2, 0) is 15.8 Å². The lowest BCUT2D eigenvalue weighted by Crippen LogP contribution is -2.31. The summed E-state index contributed by atoms with van der Waals surface area (Å²) in [6.45, 7) is 1.87. The summed E-state index contributed by atoms with van der Waals surface area (Å²) in [5, 5.41) is -0.256. The van der Waals surface area contributed by atoms with Crippen molar-refractivity contribution in [2.45, 2.75) is 13.1 Å². The second-order valence-corrected chi connectivity index (χ2v) is 5.92. The van der Waals surface area contributed by atoms with Crippen molar-refractivity contribution in [3.05, 3.63) is 70.3 Å². The van der Waals surface area contributed by atoms with Crippen molar-refractivity contribution < 1.29 is 22.8 Å². The van der Waals surface area contributed by atoms with Crippen molar-refractivity contribution in [1.82, 2.24) is 0 Å². The number of alkyl halides is 3. The quantitative estimate of drug-likeness (QED) is 0.733. The molecule has 0 saturated carbocycles. The molecule has 3 rings (SSSR count). The highest BCUT2D eigenvalue weighted by Crippen LogP contribution is 2.36. The topological polar surface area (TPSA) is 37.4 Å². The SMILES string of the molecule is Cc1ccc(C2=C(Cl)C(=O)N(c3ccc(C(F)(F)F)cc3)C2=O)cc1. The maximum atomic E-state index is 12.7. The molecule has 128 valence electrons. The van der Waals surface area contributed by atoms with E-state index in [4.69, 9.17) is 11.6 Å². The first-order chi connectivity index (χ1) is 11.7. The summed E-state index contributed by atoms with van der Waals surface area (Å²) >= 11 is 6.03. The van der Waals surface area contributed by atoms with E-state index in [1.54, 1.807) is 24.3 Å². The Morgan fingerprint density at radius 1 is 0.880 bits per heavy atom. The zero-order valence-corrected chi connectivity index (χ0v) is 13.7. The van der Waals surface area contributed by atoms with Crippen LogP contribution in [0.25, 0.3) is 5.57 Å². The van der Waals surface area contributed by atoms with Crippen molar-refractivity contribution in [3.8, 4) is 0 Å². The number of halogens is 4. The smallest absolute Gasteiger partial charge is 0.268 e. The standard InChI is InChI=1S/C18H11ClF3NO2/c1-10-2-4-11(5-3-10)14-15(19)17(25)23(16(14)24)13-8-6-12(7-9-13)18(20,21)22/h2-9H,1H3. The van der Waals surface area contributed by atoms with Crippen LogP contribution in [0.15, 0.2) is 53.6 Å². The normalized spacial score (nSPS) is 15.3. The summed E-state index contributed by atoms with van der Waals surface area (Å²) in [5.74, 6) is -1.43. The number of imide groups is 1. The van der Waals surface area contributed by atoms with Gasteiger partial charge in [0.05, 0.1) is 16.8 Å². The highest BCUT2D eigenvalue weighted by molar-refractivity contribution is 6.60. The van der Waals surface area contributed by atoms with Crippen LogP contribution in [-0.4, -0.2) is 11.8 Å². The molecule has 0 aromatic heterocycles. The molecule has 25 heavy (non-hydrogen) atoms. The first-order valence-corrected chi connectivity index (χ1v) is 7.61. The Morgan fingerprint density at radius 2 is 1.44 bits per heavy atom. The van der Waals surface area contributed by atoms with Gasteiger partial charge in [-0.15, -0.1) is 0 Å². The van der Waals surface area contributed by atoms with Crippen LogP contribution >= 0.6 is 11.6 Å². The van der Waals surface area contributed by atoms with Crippen LogP contribution in [0.5, 0.6) is 0 Å². The Morgan fingerprint density at radius 3 is 1.96 bits per heavy atom. The fraction of sp³-hybridized carbons (Fsp3) is 0.111. The number of amides is 2. The lowest BCUT2D eigenvalue weighted by atomic mass is 10.0. The van der Waals surface area contributed by atoms with Gasteiger partial charge in [-0.05, 0) is 36.8 Å². The maximum Gasteiger partial charge on any atom is 0.416 e. The van der Waals surface area contributed by atoms with Crippen molar-refractivity contribution in [3.63, 3.8) is 0 Å². The largest absolute Gasteiger partial charge is 0.416 e. The minimum Gasteiger partial charge on any atom is -0.268 e. The van der Waals surface area contributed by atoms with E-state index in [0.717, 1.165) is 34.7 Å². The molecule has 3 nitrogen and oxygen atoms in total. The molecule has 0 saturated heterocycles. The predicted octanol–water partition coefficient (Wildman–Crippen LogP) is 4.54. The summed E-state index contributed by atoms with van der Waals surface area (Å²) in [6.07, 6.45) is -4.50. The molecular weight excluding hydrogens is 355 g/mol. The number of aryl methyl sites for hydroxylation is 1. The van der Waals surface area contributed by atoms with Crippen LogP contribution in [0, 0.1) is 6.92 Å². The molecule has 7 heteroatoms. The van der Waals surface area contributed by atoms with Crippen LogP contribution in [0.3, 0.4) is 0 Å². The number of carbonyl (C=O) groups is 2. The van der Waals surface area contributed by atoms with Gasteiger partial charge >= 0.3 is 6.18 Å². The van der Waals surface area contributed by atoms with Gasteiger partial charge < -0.3 is 0 Å². The Kier molecular flexibility index (Phi) is 4.16. The zero-order chi connectivity index (χ0) is 18.4. The summed E-state index contributed by atoms with van der Waals surface area (Å²) in [5.41, 5.74) is 0.642. The highest BCUT2D eigenvalue weighted by atomic mass is 35.5. The average molecular weight is 366 g/mol. The Labute approximate surface area is 146 Å². The fourth-order valence-corrected chi connectivity index (χ4v) is 2.78. The molecule has 2 aromatic carbocycles. The second-order valence-electron chi connectivity index (χ2n) is 5.55. The van der Waals surface area contributed by atoms with Crippen molar-refractivity contribution in [2.24, 2.45) is 0 Å². The molecule has 2 aromatic rings. The van der Waals surface area contributed by atoms with Crippen LogP contribution < -0.4 is 4.90 Å². The number of anilines is 1. The third-order valence-electron chi connectivity index (χ3n) is 3.82. The van der Waals surface area contributed by atoms with Gasteiger partial charge in [0.25, 0.3) is 11.8 Å². The Hall–Kier alpha value is -2.60. The van der Waals surface area contributed by atoms with E-state index >= 15 is 0 Å². The molecule has 0 radical (unpaired) electrons. The zero-order valence-electron chi connectivity index (χ0n) is 12.9. The van der Waals surface area contributed by atoms with E-state index in [2.05, 4.69) is 0 Å². The minimum atomic E-state index is -4.50. The molecule has 0 spiro atoms.